The number of rotatable bonds is 7. The van der Waals surface area contributed by atoms with Crippen molar-refractivity contribution in [3.05, 3.63) is 60.9 Å². The molecule has 6 nitrogen and oxygen atoms in total. The van der Waals surface area contributed by atoms with Crippen LogP contribution in [0.4, 0.5) is 0 Å². The van der Waals surface area contributed by atoms with Gasteiger partial charge in [0.15, 0.2) is 17.3 Å². The van der Waals surface area contributed by atoms with E-state index in [4.69, 9.17) is 9.47 Å². The van der Waals surface area contributed by atoms with E-state index in [0.29, 0.717) is 29.5 Å². The molecule has 1 heterocycles. The molecule has 1 aromatic heterocycles. The van der Waals surface area contributed by atoms with Crippen molar-refractivity contribution in [2.45, 2.75) is 18.2 Å². The predicted octanol–water partition coefficient (Wildman–Crippen LogP) is 3.58. The summed E-state index contributed by atoms with van der Waals surface area (Å²) >= 11 is 0. The Labute approximate surface area is 153 Å². The van der Waals surface area contributed by atoms with Gasteiger partial charge in [-0.25, -0.2) is 17.4 Å². The summed E-state index contributed by atoms with van der Waals surface area (Å²) in [5.41, 5.74) is 0.621. The number of nitrogens with zero attached hydrogens (tertiary/aromatic N) is 2. The standard InChI is InChI=1S/C19H20N2O4S/c1-3-13-25-17-10-9-15(14-18(17)24-2)19-20-11-12-21(19)26(22,23)16-7-5-4-6-8-16/h4-12,14H,3,13H2,1-2H3. The molecule has 0 aliphatic carbocycles. The van der Waals surface area contributed by atoms with Crippen molar-refractivity contribution in [2.24, 2.45) is 0 Å². The maximum atomic E-state index is 12.9. The van der Waals surface area contributed by atoms with Crippen LogP contribution < -0.4 is 9.47 Å². The van der Waals surface area contributed by atoms with Crippen LogP contribution in [0, 0.1) is 0 Å². The summed E-state index contributed by atoms with van der Waals surface area (Å²) in [6, 6.07) is 13.5. The maximum Gasteiger partial charge on any atom is 0.269 e. The van der Waals surface area contributed by atoms with E-state index >= 15 is 0 Å². The zero-order valence-electron chi connectivity index (χ0n) is 14.6. The van der Waals surface area contributed by atoms with Gasteiger partial charge in [-0.1, -0.05) is 25.1 Å². The summed E-state index contributed by atoms with van der Waals surface area (Å²) in [7, 11) is -2.19. The third-order valence-corrected chi connectivity index (χ3v) is 5.47. The van der Waals surface area contributed by atoms with E-state index in [1.807, 2.05) is 6.92 Å². The van der Waals surface area contributed by atoms with Crippen LogP contribution in [-0.2, 0) is 10.0 Å². The second-order valence-corrected chi connectivity index (χ2v) is 7.39. The summed E-state index contributed by atoms with van der Waals surface area (Å²) in [5.74, 6) is 1.46. The fraction of sp³-hybridized carbons (Fsp3) is 0.211. The molecule has 136 valence electrons. The van der Waals surface area contributed by atoms with Crippen LogP contribution in [0.15, 0.2) is 65.8 Å². The molecule has 0 aliphatic rings. The third-order valence-electron chi connectivity index (χ3n) is 3.79. The van der Waals surface area contributed by atoms with E-state index in [1.165, 1.54) is 16.4 Å². The van der Waals surface area contributed by atoms with Gasteiger partial charge in [0.2, 0.25) is 0 Å². The van der Waals surface area contributed by atoms with Crippen LogP contribution in [0.3, 0.4) is 0 Å². The molecule has 0 saturated heterocycles. The third kappa shape index (κ3) is 3.43. The van der Waals surface area contributed by atoms with Crippen molar-refractivity contribution in [2.75, 3.05) is 13.7 Å². The number of hydrogen-bond acceptors (Lipinski definition) is 5. The minimum Gasteiger partial charge on any atom is -0.493 e. The molecule has 0 spiro atoms. The van der Waals surface area contributed by atoms with Gasteiger partial charge in [-0.05, 0) is 36.8 Å². The van der Waals surface area contributed by atoms with Crippen LogP contribution in [0.25, 0.3) is 11.4 Å². The Kier molecular flexibility index (Phi) is 5.27. The van der Waals surface area contributed by atoms with Crippen molar-refractivity contribution >= 4 is 10.0 Å². The molecule has 3 aromatic rings. The molecule has 0 amide bonds. The number of methoxy groups -OCH3 is 1. The van der Waals surface area contributed by atoms with Crippen LogP contribution in [-0.4, -0.2) is 31.1 Å². The van der Waals surface area contributed by atoms with Gasteiger partial charge in [0.05, 0.1) is 18.6 Å². The molecule has 0 fully saturated rings. The Morgan fingerprint density at radius 2 is 1.85 bits per heavy atom. The fourth-order valence-electron chi connectivity index (χ4n) is 2.53. The molecule has 0 aliphatic heterocycles. The molecule has 3 rings (SSSR count). The number of aromatic nitrogens is 2. The van der Waals surface area contributed by atoms with Crippen molar-refractivity contribution < 1.29 is 17.9 Å². The van der Waals surface area contributed by atoms with Gasteiger partial charge < -0.3 is 9.47 Å². The highest BCUT2D eigenvalue weighted by molar-refractivity contribution is 7.90. The first-order chi connectivity index (χ1) is 12.6. The minimum absolute atomic E-state index is 0.203. The molecule has 0 N–H and O–H groups in total. The van der Waals surface area contributed by atoms with E-state index in [2.05, 4.69) is 4.98 Å². The fourth-order valence-corrected chi connectivity index (χ4v) is 3.85. The molecule has 0 unspecified atom stereocenters. The van der Waals surface area contributed by atoms with Crippen molar-refractivity contribution in [3.63, 3.8) is 0 Å². The Morgan fingerprint density at radius 3 is 2.54 bits per heavy atom. The van der Waals surface area contributed by atoms with Crippen LogP contribution in [0.2, 0.25) is 0 Å². The first kappa shape index (κ1) is 18.0. The van der Waals surface area contributed by atoms with Crippen molar-refractivity contribution in [1.29, 1.82) is 0 Å². The smallest absolute Gasteiger partial charge is 0.269 e. The zero-order chi connectivity index (χ0) is 18.6. The van der Waals surface area contributed by atoms with Gasteiger partial charge in [0.1, 0.15) is 0 Å². The van der Waals surface area contributed by atoms with E-state index in [9.17, 15) is 8.42 Å². The van der Waals surface area contributed by atoms with E-state index in [-0.39, 0.29) is 4.90 Å². The summed E-state index contributed by atoms with van der Waals surface area (Å²) in [5, 5.41) is 0. The first-order valence-corrected chi connectivity index (χ1v) is 9.67. The molecule has 0 radical (unpaired) electrons. The van der Waals surface area contributed by atoms with Crippen molar-refractivity contribution in [1.82, 2.24) is 8.96 Å². The lowest BCUT2D eigenvalue weighted by Crippen LogP contribution is -2.13. The van der Waals surface area contributed by atoms with Crippen LogP contribution >= 0.6 is 0 Å². The number of imidazole rings is 1. The number of hydrogen-bond donors (Lipinski definition) is 0. The normalized spacial score (nSPS) is 11.3. The van der Waals surface area contributed by atoms with Gasteiger partial charge in [0.25, 0.3) is 10.0 Å². The molecule has 26 heavy (non-hydrogen) atoms. The minimum atomic E-state index is -3.74. The average Bonchev–Trinajstić information content (AvgIpc) is 3.17. The van der Waals surface area contributed by atoms with E-state index in [1.54, 1.807) is 55.6 Å². The Hall–Kier alpha value is -2.80. The Morgan fingerprint density at radius 1 is 1.08 bits per heavy atom. The molecule has 0 saturated carbocycles. The van der Waals surface area contributed by atoms with Gasteiger partial charge in [-0.2, -0.15) is 0 Å². The molecular weight excluding hydrogens is 352 g/mol. The topological polar surface area (TPSA) is 70.4 Å². The second kappa shape index (κ2) is 7.61. The Bertz CT molecular complexity index is 982. The van der Waals surface area contributed by atoms with Gasteiger partial charge in [-0.15, -0.1) is 0 Å². The lowest BCUT2D eigenvalue weighted by Gasteiger charge is -2.13. The molecule has 7 heteroatoms. The van der Waals surface area contributed by atoms with Crippen LogP contribution in [0.5, 0.6) is 11.5 Å². The highest BCUT2D eigenvalue weighted by Crippen LogP contribution is 2.33. The van der Waals surface area contributed by atoms with E-state index in [0.717, 1.165) is 6.42 Å². The quantitative estimate of drug-likeness (QED) is 0.634. The highest BCUT2D eigenvalue weighted by atomic mass is 32.2. The maximum absolute atomic E-state index is 12.9. The molecular formula is C19H20N2O4S. The lowest BCUT2D eigenvalue weighted by molar-refractivity contribution is 0.294. The Balaban J connectivity index is 2.04. The van der Waals surface area contributed by atoms with Gasteiger partial charge >= 0.3 is 0 Å². The average molecular weight is 372 g/mol. The number of ether oxygens (including phenoxy) is 2. The summed E-state index contributed by atoms with van der Waals surface area (Å²) < 4.78 is 38.0. The lowest BCUT2D eigenvalue weighted by atomic mass is 10.2. The zero-order valence-corrected chi connectivity index (χ0v) is 15.4. The van der Waals surface area contributed by atoms with Crippen LogP contribution in [0.1, 0.15) is 13.3 Å². The van der Waals surface area contributed by atoms with Gasteiger partial charge in [-0.3, -0.25) is 0 Å². The summed E-state index contributed by atoms with van der Waals surface area (Å²) in [4.78, 5) is 4.44. The largest absolute Gasteiger partial charge is 0.493 e. The van der Waals surface area contributed by atoms with E-state index < -0.39 is 10.0 Å². The molecule has 0 bridgehead atoms. The monoisotopic (exact) mass is 372 g/mol. The predicted molar refractivity (Wildman–Crippen MR) is 99.0 cm³/mol. The summed E-state index contributed by atoms with van der Waals surface area (Å²) in [6.07, 6.45) is 3.78. The molecule has 2 aromatic carbocycles. The first-order valence-electron chi connectivity index (χ1n) is 8.23. The summed E-state index contributed by atoms with van der Waals surface area (Å²) in [6.45, 7) is 2.60. The van der Waals surface area contributed by atoms with Gasteiger partial charge in [0, 0.05) is 18.0 Å². The second-order valence-electron chi connectivity index (χ2n) is 5.58. The SMILES string of the molecule is CCCOc1ccc(-c2nccn2S(=O)(=O)c2ccccc2)cc1OC. The highest BCUT2D eigenvalue weighted by Gasteiger charge is 2.21. The molecule has 0 atom stereocenters. The van der Waals surface area contributed by atoms with Crippen molar-refractivity contribution in [3.8, 4) is 22.9 Å². The number of benzene rings is 2.